The third kappa shape index (κ3) is 3.20. The summed E-state index contributed by atoms with van der Waals surface area (Å²) in [5.74, 6) is 0.690. The van der Waals surface area contributed by atoms with E-state index in [2.05, 4.69) is 15.3 Å². The average molecular weight is 354 g/mol. The van der Waals surface area contributed by atoms with Gasteiger partial charge in [0.2, 0.25) is 5.91 Å². The molecule has 0 bridgehead atoms. The molecule has 1 aliphatic heterocycles. The topological polar surface area (TPSA) is 89.1 Å². The molecule has 8 nitrogen and oxygen atoms in total. The number of hydrogen-bond acceptors (Lipinski definition) is 5. The molecule has 0 saturated carbocycles. The number of benzene rings is 1. The zero-order valence-corrected chi connectivity index (χ0v) is 14.7. The fourth-order valence-corrected chi connectivity index (χ4v) is 3.61. The summed E-state index contributed by atoms with van der Waals surface area (Å²) >= 11 is 0. The first-order valence-corrected chi connectivity index (χ1v) is 8.78. The molecular weight excluding hydrogens is 332 g/mol. The molecule has 2 aromatic heterocycles. The van der Waals surface area contributed by atoms with E-state index < -0.39 is 5.60 Å². The SMILES string of the molecule is Cn1cnnc1CC1(O)CCCN(C(=O)Cn2ncc3ccccc32)C1. The van der Waals surface area contributed by atoms with E-state index in [9.17, 15) is 9.90 Å². The molecule has 1 amide bonds. The van der Waals surface area contributed by atoms with Gasteiger partial charge in [-0.05, 0) is 18.9 Å². The molecule has 26 heavy (non-hydrogen) atoms. The molecule has 0 spiro atoms. The maximum absolute atomic E-state index is 12.8. The van der Waals surface area contributed by atoms with Crippen LogP contribution in [0.15, 0.2) is 36.8 Å². The maximum Gasteiger partial charge on any atom is 0.244 e. The summed E-state index contributed by atoms with van der Waals surface area (Å²) in [7, 11) is 1.85. The van der Waals surface area contributed by atoms with Crippen molar-refractivity contribution < 1.29 is 9.90 Å². The summed E-state index contributed by atoms with van der Waals surface area (Å²) in [5.41, 5.74) is -0.0341. The summed E-state index contributed by atoms with van der Waals surface area (Å²) in [6.07, 6.45) is 5.18. The standard InChI is InChI=1S/C18H22N6O2/c1-22-13-19-21-16(22)9-18(26)7-4-8-23(12-18)17(25)11-24-15-6-3-2-5-14(15)10-20-24/h2-3,5-6,10,13,26H,4,7-9,11-12H2,1H3. The number of rotatable bonds is 4. The van der Waals surface area contributed by atoms with Crippen molar-refractivity contribution in [1.29, 1.82) is 0 Å². The first-order chi connectivity index (χ1) is 12.5. The predicted octanol–water partition coefficient (Wildman–Crippen LogP) is 0.761. The molecule has 1 saturated heterocycles. The van der Waals surface area contributed by atoms with E-state index in [1.807, 2.05) is 31.3 Å². The Kier molecular flexibility index (Phi) is 4.20. The Morgan fingerprint density at radius 2 is 2.19 bits per heavy atom. The summed E-state index contributed by atoms with van der Waals surface area (Å²) in [5, 5.41) is 24.2. The second-order valence-corrected chi connectivity index (χ2v) is 7.04. The van der Waals surface area contributed by atoms with E-state index in [0.717, 1.165) is 23.1 Å². The molecule has 3 aromatic rings. The molecule has 1 fully saturated rings. The van der Waals surface area contributed by atoms with Gasteiger partial charge in [-0.1, -0.05) is 18.2 Å². The Balaban J connectivity index is 1.47. The second kappa shape index (κ2) is 6.53. The summed E-state index contributed by atoms with van der Waals surface area (Å²) in [6.45, 7) is 1.13. The number of carbonyl (C=O) groups is 1. The van der Waals surface area contributed by atoms with E-state index in [1.54, 1.807) is 26.7 Å². The average Bonchev–Trinajstić information content (AvgIpc) is 3.21. The van der Waals surface area contributed by atoms with E-state index in [4.69, 9.17) is 0 Å². The third-order valence-electron chi connectivity index (χ3n) is 5.04. The molecule has 3 heterocycles. The second-order valence-electron chi connectivity index (χ2n) is 7.04. The third-order valence-corrected chi connectivity index (χ3v) is 5.04. The van der Waals surface area contributed by atoms with Crippen LogP contribution in [0.4, 0.5) is 0 Å². The number of likely N-dealkylation sites (tertiary alicyclic amines) is 1. The van der Waals surface area contributed by atoms with Gasteiger partial charge in [-0.25, -0.2) is 0 Å². The van der Waals surface area contributed by atoms with Crippen LogP contribution in [0, 0.1) is 0 Å². The van der Waals surface area contributed by atoms with Crippen molar-refractivity contribution in [3.8, 4) is 0 Å². The maximum atomic E-state index is 12.8. The Morgan fingerprint density at radius 1 is 1.35 bits per heavy atom. The minimum Gasteiger partial charge on any atom is -0.388 e. The summed E-state index contributed by atoms with van der Waals surface area (Å²) in [6, 6.07) is 7.82. The number of β-amino-alcohol motifs (C(OH)–C–C–N with tert-alkyl or cyclic N) is 1. The molecule has 136 valence electrons. The Labute approximate surface area is 151 Å². The number of aryl methyl sites for hydroxylation is 1. The number of nitrogens with zero attached hydrogens (tertiary/aromatic N) is 6. The van der Waals surface area contributed by atoms with Crippen LogP contribution in [0.1, 0.15) is 18.7 Å². The number of amides is 1. The molecule has 1 aliphatic rings. The highest BCUT2D eigenvalue weighted by Gasteiger charge is 2.36. The van der Waals surface area contributed by atoms with Gasteiger partial charge in [0.25, 0.3) is 0 Å². The monoisotopic (exact) mass is 354 g/mol. The number of piperidine rings is 1. The molecule has 1 atom stereocenters. The molecule has 0 radical (unpaired) electrons. The van der Waals surface area contributed by atoms with Gasteiger partial charge in [0, 0.05) is 31.9 Å². The lowest BCUT2D eigenvalue weighted by atomic mass is 9.89. The van der Waals surface area contributed by atoms with E-state index in [1.165, 1.54) is 0 Å². The predicted molar refractivity (Wildman–Crippen MR) is 95.2 cm³/mol. The summed E-state index contributed by atoms with van der Waals surface area (Å²) < 4.78 is 3.52. The van der Waals surface area contributed by atoms with E-state index >= 15 is 0 Å². The van der Waals surface area contributed by atoms with Crippen LogP contribution in [0.5, 0.6) is 0 Å². The zero-order chi connectivity index (χ0) is 18.1. The fourth-order valence-electron chi connectivity index (χ4n) is 3.61. The lowest BCUT2D eigenvalue weighted by Gasteiger charge is -2.39. The van der Waals surface area contributed by atoms with Gasteiger partial charge < -0.3 is 14.6 Å². The lowest BCUT2D eigenvalue weighted by Crippen LogP contribution is -2.52. The van der Waals surface area contributed by atoms with Crippen LogP contribution in [0.25, 0.3) is 10.9 Å². The van der Waals surface area contributed by atoms with Crippen molar-refractivity contribution in [1.82, 2.24) is 29.4 Å². The highest BCUT2D eigenvalue weighted by atomic mass is 16.3. The van der Waals surface area contributed by atoms with Crippen LogP contribution in [-0.4, -0.2) is 59.1 Å². The zero-order valence-electron chi connectivity index (χ0n) is 14.7. The Morgan fingerprint density at radius 3 is 3.00 bits per heavy atom. The molecule has 1 N–H and O–H groups in total. The van der Waals surface area contributed by atoms with Crippen molar-refractivity contribution in [2.24, 2.45) is 7.05 Å². The van der Waals surface area contributed by atoms with Crippen molar-refractivity contribution in [3.63, 3.8) is 0 Å². The van der Waals surface area contributed by atoms with Crippen molar-refractivity contribution in [2.75, 3.05) is 13.1 Å². The van der Waals surface area contributed by atoms with Crippen LogP contribution in [0.2, 0.25) is 0 Å². The van der Waals surface area contributed by atoms with Crippen LogP contribution < -0.4 is 0 Å². The Hall–Kier alpha value is -2.74. The number of hydrogen-bond donors (Lipinski definition) is 1. The number of aliphatic hydroxyl groups is 1. The largest absolute Gasteiger partial charge is 0.388 e. The van der Waals surface area contributed by atoms with Crippen LogP contribution >= 0.6 is 0 Å². The van der Waals surface area contributed by atoms with Crippen molar-refractivity contribution >= 4 is 16.8 Å². The fraction of sp³-hybridized carbons (Fsp3) is 0.444. The highest BCUT2D eigenvalue weighted by molar-refractivity contribution is 5.82. The molecule has 4 rings (SSSR count). The minimum absolute atomic E-state index is 0.0325. The molecule has 0 aliphatic carbocycles. The molecule has 1 aromatic carbocycles. The van der Waals surface area contributed by atoms with Gasteiger partial charge in [0.05, 0.1) is 17.3 Å². The van der Waals surface area contributed by atoms with Gasteiger partial charge in [-0.15, -0.1) is 10.2 Å². The normalized spacial score (nSPS) is 20.6. The van der Waals surface area contributed by atoms with Gasteiger partial charge >= 0.3 is 0 Å². The summed E-state index contributed by atoms with van der Waals surface area (Å²) in [4.78, 5) is 14.5. The number of fused-ring (bicyclic) bond motifs is 1. The van der Waals surface area contributed by atoms with E-state index in [0.29, 0.717) is 25.9 Å². The van der Waals surface area contributed by atoms with Crippen LogP contribution in [-0.2, 0) is 24.8 Å². The lowest BCUT2D eigenvalue weighted by molar-refractivity contribution is -0.139. The molecule has 8 heteroatoms. The minimum atomic E-state index is -0.971. The number of carbonyl (C=O) groups excluding carboxylic acids is 1. The number of aromatic nitrogens is 5. The van der Waals surface area contributed by atoms with Crippen LogP contribution in [0.3, 0.4) is 0 Å². The van der Waals surface area contributed by atoms with E-state index in [-0.39, 0.29) is 12.5 Å². The number of para-hydroxylation sites is 1. The van der Waals surface area contributed by atoms with Crippen molar-refractivity contribution in [2.45, 2.75) is 31.4 Å². The molecular formula is C18H22N6O2. The van der Waals surface area contributed by atoms with Gasteiger partial charge in [-0.3, -0.25) is 9.48 Å². The van der Waals surface area contributed by atoms with Gasteiger partial charge in [0.1, 0.15) is 18.7 Å². The smallest absolute Gasteiger partial charge is 0.244 e. The van der Waals surface area contributed by atoms with Gasteiger partial charge in [-0.2, -0.15) is 5.10 Å². The first kappa shape index (κ1) is 16.7. The Bertz CT molecular complexity index is 933. The van der Waals surface area contributed by atoms with Gasteiger partial charge in [0.15, 0.2) is 0 Å². The molecule has 1 unspecified atom stereocenters. The van der Waals surface area contributed by atoms with Crippen molar-refractivity contribution in [3.05, 3.63) is 42.6 Å². The highest BCUT2D eigenvalue weighted by Crippen LogP contribution is 2.25. The quantitative estimate of drug-likeness (QED) is 0.747. The first-order valence-electron chi connectivity index (χ1n) is 8.78.